The van der Waals surface area contributed by atoms with Crippen molar-refractivity contribution in [3.63, 3.8) is 0 Å². The number of hydrogen-bond acceptors (Lipinski definition) is 8. The number of carbonyl (C=O) groups is 2. The maximum atomic E-state index is 14.8. The summed E-state index contributed by atoms with van der Waals surface area (Å²) >= 11 is 1.49. The topological polar surface area (TPSA) is 106 Å². The molecule has 12 heteroatoms. The molecular formula is C46H52F3NO7S. The Hall–Kier alpha value is -4.13. The summed E-state index contributed by atoms with van der Waals surface area (Å²) in [6, 6.07) is 14.6. The van der Waals surface area contributed by atoms with Crippen molar-refractivity contribution in [1.82, 2.24) is 4.90 Å². The first-order valence-corrected chi connectivity index (χ1v) is 21.0. The summed E-state index contributed by atoms with van der Waals surface area (Å²) in [6.07, 6.45) is 6.03. The van der Waals surface area contributed by atoms with Gasteiger partial charge in [0.2, 0.25) is 5.91 Å². The number of carbonyl (C=O) groups excluding carboxylic acids is 2. The molecule has 8 unspecified atom stereocenters. The lowest BCUT2D eigenvalue weighted by Gasteiger charge is -2.71. The molecular weight excluding hydrogens is 768 g/mol. The predicted octanol–water partition coefficient (Wildman–Crippen LogP) is 9.02. The van der Waals surface area contributed by atoms with Gasteiger partial charge in [0.05, 0.1) is 43.8 Å². The quantitative estimate of drug-likeness (QED) is 0.147. The highest BCUT2D eigenvalue weighted by molar-refractivity contribution is 7.14. The zero-order chi connectivity index (χ0) is 41.5. The van der Waals surface area contributed by atoms with Crippen molar-refractivity contribution < 1.29 is 47.2 Å². The number of methoxy groups -OCH3 is 2. The van der Waals surface area contributed by atoms with Gasteiger partial charge in [-0.05, 0) is 117 Å². The highest BCUT2D eigenvalue weighted by Gasteiger charge is 2.74. The zero-order valence-corrected chi connectivity index (χ0v) is 34.5. The molecule has 8 nitrogen and oxygen atoms in total. The number of benzene rings is 2. The molecule has 3 fully saturated rings. The van der Waals surface area contributed by atoms with Crippen LogP contribution in [0.4, 0.5) is 13.2 Å². The number of ether oxygens (including phenoxy) is 3. The number of hydrogen-bond donors (Lipinski definition) is 2. The molecule has 2 bridgehead atoms. The number of aryl methyl sites for hydroxylation is 1. The third-order valence-electron chi connectivity index (χ3n) is 15.1. The molecule has 58 heavy (non-hydrogen) atoms. The van der Waals surface area contributed by atoms with Gasteiger partial charge in [0.1, 0.15) is 5.75 Å². The van der Waals surface area contributed by atoms with Crippen LogP contribution in [0.5, 0.6) is 17.2 Å². The van der Waals surface area contributed by atoms with E-state index in [0.717, 1.165) is 23.3 Å². The molecule has 310 valence electrons. The summed E-state index contributed by atoms with van der Waals surface area (Å²) in [7, 11) is 3.05. The molecule has 2 spiro atoms. The lowest BCUT2D eigenvalue weighted by Crippen LogP contribution is -2.67. The third kappa shape index (κ3) is 6.40. The van der Waals surface area contributed by atoms with Crippen LogP contribution in [0.1, 0.15) is 84.5 Å². The molecule has 6 aliphatic rings. The molecule has 1 aromatic heterocycles. The van der Waals surface area contributed by atoms with Gasteiger partial charge in [-0.1, -0.05) is 50.3 Å². The second kappa shape index (κ2) is 14.3. The van der Waals surface area contributed by atoms with E-state index in [-0.39, 0.29) is 54.2 Å². The van der Waals surface area contributed by atoms with Gasteiger partial charge in [-0.25, -0.2) is 0 Å². The van der Waals surface area contributed by atoms with Gasteiger partial charge >= 0.3 is 6.36 Å². The number of fused-ring (bicyclic) bond motifs is 1. The first kappa shape index (κ1) is 40.6. The first-order valence-electron chi connectivity index (χ1n) is 20.2. The summed E-state index contributed by atoms with van der Waals surface area (Å²) in [4.78, 5) is 32.7. The molecule has 1 amide bonds. The van der Waals surface area contributed by atoms with Crippen LogP contribution in [0, 0.1) is 40.4 Å². The van der Waals surface area contributed by atoms with Crippen molar-refractivity contribution in [3.05, 3.63) is 99.3 Å². The number of thiophene rings is 1. The number of aliphatic hydroxyl groups excluding tert-OH is 1. The number of halogens is 3. The Bertz CT molecular complexity index is 2170. The van der Waals surface area contributed by atoms with E-state index in [2.05, 4.69) is 36.8 Å². The minimum Gasteiger partial charge on any atom is -0.493 e. The van der Waals surface area contributed by atoms with Crippen molar-refractivity contribution in [3.8, 4) is 17.2 Å². The minimum absolute atomic E-state index is 0.0120. The smallest absolute Gasteiger partial charge is 0.493 e. The fourth-order valence-corrected chi connectivity index (χ4v) is 13.0. The average molecular weight is 820 g/mol. The molecule has 1 heterocycles. The van der Waals surface area contributed by atoms with Crippen LogP contribution in [0.2, 0.25) is 0 Å². The molecule has 3 saturated carbocycles. The van der Waals surface area contributed by atoms with Gasteiger partial charge in [0.15, 0.2) is 17.3 Å². The highest BCUT2D eigenvalue weighted by atomic mass is 32.1. The van der Waals surface area contributed by atoms with Crippen LogP contribution < -0.4 is 14.2 Å². The number of Topliss-reactive ketones (excluding diaryl/α,β-unsaturated/α-hetero) is 1. The summed E-state index contributed by atoms with van der Waals surface area (Å²) in [5, 5.41) is 24.2. The second-order valence-electron chi connectivity index (χ2n) is 17.9. The Labute approximate surface area is 341 Å². The predicted molar refractivity (Wildman–Crippen MR) is 214 cm³/mol. The van der Waals surface area contributed by atoms with E-state index in [9.17, 15) is 33.0 Å². The van der Waals surface area contributed by atoms with Crippen LogP contribution in [-0.4, -0.2) is 65.6 Å². The van der Waals surface area contributed by atoms with Gasteiger partial charge in [-0.2, -0.15) is 0 Å². The summed E-state index contributed by atoms with van der Waals surface area (Å²) in [5.74, 6) is 0.347. The van der Waals surface area contributed by atoms with Crippen LogP contribution in [0.3, 0.4) is 0 Å². The van der Waals surface area contributed by atoms with Gasteiger partial charge in [-0.15, -0.1) is 24.5 Å². The zero-order valence-electron chi connectivity index (χ0n) is 33.7. The number of alkyl halides is 3. The third-order valence-corrected chi connectivity index (χ3v) is 16.1. The van der Waals surface area contributed by atoms with Crippen LogP contribution >= 0.6 is 11.3 Å². The van der Waals surface area contributed by atoms with Crippen molar-refractivity contribution in [2.75, 3.05) is 20.8 Å². The molecule has 6 aliphatic carbocycles. The molecule has 9 rings (SSSR count). The summed E-state index contributed by atoms with van der Waals surface area (Å²) < 4.78 is 54.0. The van der Waals surface area contributed by atoms with Crippen molar-refractivity contribution in [1.29, 1.82) is 0 Å². The fraction of sp³-hybridized carbons (Fsp3) is 0.522. The van der Waals surface area contributed by atoms with E-state index >= 15 is 0 Å². The van der Waals surface area contributed by atoms with E-state index in [1.165, 1.54) is 49.8 Å². The number of amides is 1. The van der Waals surface area contributed by atoms with Gasteiger partial charge < -0.3 is 29.3 Å². The van der Waals surface area contributed by atoms with Gasteiger partial charge in [-0.3, -0.25) is 9.59 Å². The standard InChI is InChI=1S/C46H52F3NO7S/c1-28-6-13-36(58-28)40(53)33-25-43-20-21-45(33)37(41(43,2)17-14-31(51)24-43)15-18-42(3)38(45)16-19-44(42,54)27-50(26-29-7-10-32(11-8-29)57-46(47,48)49)39(52)23-30-9-12-34(55-4)35(22-30)56-5/h6-13,20-22,25,31,37-38,51,54H,14-19,23-24,26-27H2,1-5H3. The van der Waals surface area contributed by atoms with Crippen LogP contribution in [0.15, 0.2) is 78.4 Å². The second-order valence-corrected chi connectivity index (χ2v) is 19.1. The Morgan fingerprint density at radius 2 is 1.55 bits per heavy atom. The van der Waals surface area contributed by atoms with Crippen molar-refractivity contribution in [2.24, 2.45) is 33.5 Å². The molecule has 2 aromatic carbocycles. The van der Waals surface area contributed by atoms with E-state index in [1.54, 1.807) is 23.1 Å². The lowest BCUT2D eigenvalue weighted by atomic mass is 9.32. The maximum absolute atomic E-state index is 14.8. The Kier molecular flexibility index (Phi) is 9.99. The molecule has 0 aliphatic heterocycles. The largest absolute Gasteiger partial charge is 0.573 e. The van der Waals surface area contributed by atoms with Crippen LogP contribution in [-0.2, 0) is 17.8 Å². The van der Waals surface area contributed by atoms with E-state index in [4.69, 9.17) is 9.47 Å². The lowest BCUT2D eigenvalue weighted by molar-refractivity contribution is -0.274. The van der Waals surface area contributed by atoms with Gasteiger partial charge in [0, 0.05) is 33.2 Å². The normalized spacial score (nSPS) is 33.4. The first-order chi connectivity index (χ1) is 27.4. The van der Waals surface area contributed by atoms with Crippen molar-refractivity contribution in [2.45, 2.75) is 96.7 Å². The Morgan fingerprint density at radius 1 is 0.879 bits per heavy atom. The number of allylic oxidation sites excluding steroid dienone is 4. The average Bonchev–Trinajstić information content (AvgIpc) is 3.73. The number of ketones is 1. The van der Waals surface area contributed by atoms with E-state index < -0.39 is 34.3 Å². The van der Waals surface area contributed by atoms with E-state index in [0.29, 0.717) is 59.6 Å². The minimum atomic E-state index is -4.84. The molecule has 2 N–H and O–H groups in total. The number of rotatable bonds is 11. The molecule has 3 aromatic rings. The monoisotopic (exact) mass is 819 g/mol. The van der Waals surface area contributed by atoms with Gasteiger partial charge in [0.25, 0.3) is 0 Å². The SMILES string of the molecule is COc1ccc(CC(=O)N(Cc2ccc(OC(F)(F)F)cc2)CC2(O)CCC3C45C=CC6(C=C4C(=O)c4ccc(C)s4)CC(O)CCC6(C)C5CCC32C)cc1OC. The fourth-order valence-electron chi connectivity index (χ4n) is 12.1. The highest BCUT2D eigenvalue weighted by Crippen LogP contribution is 2.78. The molecule has 8 atom stereocenters. The number of nitrogens with zero attached hydrogens (tertiary/aromatic N) is 1. The Balaban J connectivity index is 1.16. The summed E-state index contributed by atoms with van der Waals surface area (Å²) in [5.41, 5.74) is -1.36. The summed E-state index contributed by atoms with van der Waals surface area (Å²) in [6.45, 7) is 6.50. The molecule has 0 saturated heterocycles. The maximum Gasteiger partial charge on any atom is 0.573 e. The van der Waals surface area contributed by atoms with E-state index in [1.807, 2.05) is 19.1 Å². The van der Waals surface area contributed by atoms with Crippen molar-refractivity contribution >= 4 is 23.0 Å². The Morgan fingerprint density at radius 3 is 2.22 bits per heavy atom. The number of aliphatic hydroxyl groups is 2. The van der Waals surface area contributed by atoms with Crippen LogP contribution in [0.25, 0.3) is 0 Å². The molecule has 0 radical (unpaired) electrons.